The van der Waals surface area contributed by atoms with Gasteiger partial charge >= 0.3 is 5.97 Å². The van der Waals surface area contributed by atoms with Crippen LogP contribution in [0, 0.1) is 0 Å². The minimum absolute atomic E-state index is 0.00788. The fourth-order valence-electron chi connectivity index (χ4n) is 4.16. The van der Waals surface area contributed by atoms with Gasteiger partial charge in [-0.3, -0.25) is 0 Å². The quantitative estimate of drug-likeness (QED) is 0.429. The second-order valence-corrected chi connectivity index (χ2v) is 11.3. The third-order valence-corrected chi connectivity index (χ3v) is 8.25. The Morgan fingerprint density at radius 3 is 2.39 bits per heavy atom. The molecule has 0 bridgehead atoms. The second-order valence-electron chi connectivity index (χ2n) is 8.10. The van der Waals surface area contributed by atoms with E-state index in [2.05, 4.69) is 15.9 Å². The van der Waals surface area contributed by atoms with E-state index in [1.54, 1.807) is 55.8 Å². The summed E-state index contributed by atoms with van der Waals surface area (Å²) in [6.45, 7) is 3.78. The zero-order chi connectivity index (χ0) is 24.5. The maximum atomic E-state index is 13.4. The van der Waals surface area contributed by atoms with Gasteiger partial charge in [-0.2, -0.15) is 0 Å². The molecule has 0 aliphatic rings. The molecule has 2 aromatic carbocycles. The van der Waals surface area contributed by atoms with Crippen LogP contribution in [-0.2, 0) is 28.2 Å². The van der Waals surface area contributed by atoms with Crippen LogP contribution in [0.2, 0.25) is 0 Å². The molecule has 1 N–H and O–H groups in total. The monoisotopic (exact) mass is 536 g/mol. The Balaban J connectivity index is 2.55. The Hall–Kier alpha value is -2.36. The maximum absolute atomic E-state index is 13.4. The van der Waals surface area contributed by atoms with Gasteiger partial charge in [-0.1, -0.05) is 37.3 Å². The molecule has 0 aliphatic carbocycles. The number of halogens is 1. The number of aryl methyl sites for hydroxylation is 1. The molecule has 0 fully saturated rings. The molecule has 1 atom stereocenters. The highest BCUT2D eigenvalue weighted by atomic mass is 79.9. The van der Waals surface area contributed by atoms with Crippen LogP contribution < -0.4 is 0 Å². The number of nitrogens with zero attached hydrogens (tertiary/aromatic N) is 2. The number of fused-ring (bicyclic) bond motifs is 1. The van der Waals surface area contributed by atoms with Crippen molar-refractivity contribution < 1.29 is 23.1 Å². The number of hydrogen-bond donors (Lipinski definition) is 1. The van der Waals surface area contributed by atoms with Crippen LogP contribution in [0.4, 0.5) is 0 Å². The summed E-state index contributed by atoms with van der Waals surface area (Å²) in [6.07, 6.45) is 0. The molecule has 3 rings (SSSR count). The van der Waals surface area contributed by atoms with E-state index >= 15 is 0 Å². The largest absolute Gasteiger partial charge is 0.506 e. The molecular formula is C24H29BrN2O5S. The molecule has 0 spiro atoms. The van der Waals surface area contributed by atoms with Crippen molar-refractivity contribution in [3.05, 3.63) is 63.3 Å². The number of aromatic hydroxyl groups is 1. The Bertz CT molecular complexity index is 1280. The zero-order valence-electron chi connectivity index (χ0n) is 19.4. The van der Waals surface area contributed by atoms with Crippen molar-refractivity contribution in [2.75, 3.05) is 26.5 Å². The maximum Gasteiger partial charge on any atom is 0.340 e. The predicted octanol–water partition coefficient (Wildman–Crippen LogP) is 4.41. The van der Waals surface area contributed by atoms with E-state index < -0.39 is 21.1 Å². The number of carbonyl (C=O) groups is 1. The molecule has 1 aromatic heterocycles. The lowest BCUT2D eigenvalue weighted by atomic mass is 10.00. The van der Waals surface area contributed by atoms with E-state index in [9.17, 15) is 18.3 Å². The topological polar surface area (TPSA) is 88.8 Å². The van der Waals surface area contributed by atoms with Crippen LogP contribution in [0.5, 0.6) is 5.75 Å². The van der Waals surface area contributed by atoms with Gasteiger partial charge in [-0.05, 0) is 48.6 Å². The van der Waals surface area contributed by atoms with Crippen molar-refractivity contribution in [2.24, 2.45) is 7.05 Å². The molecule has 7 nitrogen and oxygen atoms in total. The van der Waals surface area contributed by atoms with Crippen molar-refractivity contribution in [1.29, 1.82) is 0 Å². The molecule has 178 valence electrons. The molecule has 0 radical (unpaired) electrons. The highest BCUT2D eigenvalue weighted by molar-refractivity contribution is 9.10. The number of rotatable bonds is 8. The standard InChI is InChI=1S/C24H29BrN2O5S/c1-6-32-24(29)20-19-16(14-26(3)4)22(28)17(25)13-18(19)27(5)21(20)23(33(30,31)7-2)15-11-9-8-10-12-15/h8-13,23,28H,6-7,14H2,1-5H3. The number of phenols is 1. The van der Waals surface area contributed by atoms with Crippen molar-refractivity contribution >= 4 is 42.6 Å². The summed E-state index contributed by atoms with van der Waals surface area (Å²) in [5.74, 6) is -0.712. The molecule has 0 saturated carbocycles. The zero-order valence-corrected chi connectivity index (χ0v) is 21.8. The van der Waals surface area contributed by atoms with E-state index in [4.69, 9.17) is 4.74 Å². The Kier molecular flexibility index (Phi) is 7.55. The first kappa shape index (κ1) is 25.3. The molecule has 0 aliphatic heterocycles. The average Bonchev–Trinajstić information content (AvgIpc) is 3.04. The fourth-order valence-corrected chi connectivity index (χ4v) is 6.14. The van der Waals surface area contributed by atoms with Crippen LogP contribution >= 0.6 is 15.9 Å². The lowest BCUT2D eigenvalue weighted by Crippen LogP contribution is -2.22. The number of sulfone groups is 1. The third-order valence-electron chi connectivity index (χ3n) is 5.63. The number of phenolic OH excluding ortho intramolecular Hbond substituents is 1. The van der Waals surface area contributed by atoms with Gasteiger partial charge in [0.25, 0.3) is 0 Å². The van der Waals surface area contributed by atoms with Gasteiger partial charge in [0.1, 0.15) is 11.0 Å². The normalized spacial score (nSPS) is 12.9. The molecule has 9 heteroatoms. The van der Waals surface area contributed by atoms with Crippen LogP contribution in [0.25, 0.3) is 10.9 Å². The SMILES string of the molecule is CCOC(=O)c1c(C(c2ccccc2)S(=O)(=O)CC)n(C)c2cc(Br)c(O)c(CN(C)C)c12. The minimum Gasteiger partial charge on any atom is -0.506 e. The number of hydrogen-bond acceptors (Lipinski definition) is 6. The first-order valence-electron chi connectivity index (χ1n) is 10.7. The highest BCUT2D eigenvalue weighted by Gasteiger charge is 2.37. The first-order valence-corrected chi connectivity index (χ1v) is 13.2. The molecule has 1 unspecified atom stereocenters. The number of esters is 1. The predicted molar refractivity (Wildman–Crippen MR) is 133 cm³/mol. The van der Waals surface area contributed by atoms with Crippen molar-refractivity contribution in [3.8, 4) is 5.75 Å². The number of ether oxygens (including phenoxy) is 1. The summed E-state index contributed by atoms with van der Waals surface area (Å²) < 4.78 is 34.4. The van der Waals surface area contributed by atoms with E-state index in [0.717, 1.165) is 0 Å². The molecule has 0 amide bonds. The van der Waals surface area contributed by atoms with Crippen molar-refractivity contribution in [1.82, 2.24) is 9.47 Å². The Labute approximate surface area is 203 Å². The average molecular weight is 537 g/mol. The summed E-state index contributed by atoms with van der Waals surface area (Å²) in [4.78, 5) is 15.2. The second kappa shape index (κ2) is 9.87. The smallest absolute Gasteiger partial charge is 0.340 e. The highest BCUT2D eigenvalue weighted by Crippen LogP contribution is 2.44. The Morgan fingerprint density at radius 2 is 1.85 bits per heavy atom. The van der Waals surface area contributed by atoms with Crippen LogP contribution in [0.1, 0.15) is 46.3 Å². The van der Waals surface area contributed by atoms with Gasteiger partial charge in [0.2, 0.25) is 0 Å². The summed E-state index contributed by atoms with van der Waals surface area (Å²) in [7, 11) is 1.77. The van der Waals surface area contributed by atoms with Crippen molar-refractivity contribution in [2.45, 2.75) is 25.6 Å². The summed E-state index contributed by atoms with van der Waals surface area (Å²) in [5, 5.41) is 10.3. The van der Waals surface area contributed by atoms with E-state index in [1.807, 2.05) is 25.1 Å². The number of carbonyl (C=O) groups excluding carboxylic acids is 1. The number of benzene rings is 2. The minimum atomic E-state index is -3.68. The molecule has 1 heterocycles. The fraction of sp³-hybridized carbons (Fsp3) is 0.375. The van der Waals surface area contributed by atoms with Gasteiger partial charge < -0.3 is 19.3 Å². The van der Waals surface area contributed by atoms with Gasteiger partial charge in [0, 0.05) is 30.3 Å². The summed E-state index contributed by atoms with van der Waals surface area (Å²) >= 11 is 3.41. The van der Waals surface area contributed by atoms with Gasteiger partial charge in [0.15, 0.2) is 9.84 Å². The lowest BCUT2D eigenvalue weighted by Gasteiger charge is -2.20. The molecular weight excluding hydrogens is 508 g/mol. The van der Waals surface area contributed by atoms with Gasteiger partial charge in [-0.15, -0.1) is 0 Å². The van der Waals surface area contributed by atoms with Gasteiger partial charge in [0.05, 0.1) is 27.9 Å². The summed E-state index contributed by atoms with van der Waals surface area (Å²) in [5.41, 5.74) is 2.21. The van der Waals surface area contributed by atoms with E-state index in [-0.39, 0.29) is 23.7 Å². The molecule has 0 saturated heterocycles. The van der Waals surface area contributed by atoms with Gasteiger partial charge in [-0.25, -0.2) is 13.2 Å². The summed E-state index contributed by atoms with van der Waals surface area (Å²) in [6, 6.07) is 10.6. The first-order chi connectivity index (χ1) is 15.5. The Morgan fingerprint density at radius 1 is 1.21 bits per heavy atom. The lowest BCUT2D eigenvalue weighted by molar-refractivity contribution is 0.0527. The van der Waals surface area contributed by atoms with E-state index in [1.165, 1.54) is 0 Å². The molecule has 3 aromatic rings. The van der Waals surface area contributed by atoms with E-state index in [0.29, 0.717) is 38.7 Å². The van der Waals surface area contributed by atoms with Crippen LogP contribution in [0.3, 0.4) is 0 Å². The van der Waals surface area contributed by atoms with Crippen LogP contribution in [0.15, 0.2) is 40.9 Å². The third kappa shape index (κ3) is 4.67. The molecule has 33 heavy (non-hydrogen) atoms. The van der Waals surface area contributed by atoms with Crippen LogP contribution in [-0.4, -0.2) is 55.4 Å². The number of aromatic nitrogens is 1. The van der Waals surface area contributed by atoms with Crippen molar-refractivity contribution in [3.63, 3.8) is 0 Å².